The lowest BCUT2D eigenvalue weighted by Gasteiger charge is -2.25. The van der Waals surface area contributed by atoms with Crippen molar-refractivity contribution in [2.75, 3.05) is 52.9 Å². The van der Waals surface area contributed by atoms with Crippen LogP contribution in [0.5, 0.6) is 0 Å². The Kier molecular flexibility index (Phi) is 22.6. The van der Waals surface area contributed by atoms with E-state index in [1.165, 1.54) is 0 Å². The van der Waals surface area contributed by atoms with E-state index < -0.39 is 0 Å². The molecule has 0 saturated heterocycles. The Morgan fingerprint density at radius 2 is 0.800 bits per heavy atom. The van der Waals surface area contributed by atoms with Crippen molar-refractivity contribution in [3.05, 3.63) is 0 Å². The highest BCUT2D eigenvalue weighted by atomic mass is 16.6. The lowest BCUT2D eigenvalue weighted by molar-refractivity contribution is -0.113. The predicted molar refractivity (Wildman–Crippen MR) is 142 cm³/mol. The summed E-state index contributed by atoms with van der Waals surface area (Å²) in [5.74, 6) is 0. The molecule has 7 unspecified atom stereocenters. The van der Waals surface area contributed by atoms with Crippen LogP contribution in [0, 0.1) is 0 Å². The summed E-state index contributed by atoms with van der Waals surface area (Å²) in [5, 5.41) is 0. The van der Waals surface area contributed by atoms with Crippen LogP contribution in [0.4, 0.5) is 0 Å². The van der Waals surface area contributed by atoms with Gasteiger partial charge in [0.15, 0.2) is 0 Å². The van der Waals surface area contributed by atoms with Gasteiger partial charge in [-0.3, -0.25) is 0 Å². The SMILES string of the molecule is CCC(N)COC(C)COCC(COCC(CC)OCC(N)CC)OCC(CC)OCC(N)CC. The number of rotatable bonds is 25. The Bertz CT molecular complexity index is 463. The molecule has 0 aliphatic carbocycles. The summed E-state index contributed by atoms with van der Waals surface area (Å²) < 4.78 is 35.6. The topological polar surface area (TPSA) is 133 Å². The van der Waals surface area contributed by atoms with Gasteiger partial charge in [0.1, 0.15) is 6.10 Å². The van der Waals surface area contributed by atoms with Crippen LogP contribution < -0.4 is 17.2 Å². The third-order valence-electron chi connectivity index (χ3n) is 5.95. The van der Waals surface area contributed by atoms with Crippen LogP contribution in [-0.2, 0) is 28.4 Å². The summed E-state index contributed by atoms with van der Waals surface area (Å²) >= 11 is 0. The number of nitrogens with two attached hydrogens (primary N) is 3. The highest BCUT2D eigenvalue weighted by Crippen LogP contribution is 2.07. The molecule has 0 spiro atoms. The minimum Gasteiger partial charge on any atom is -0.376 e. The van der Waals surface area contributed by atoms with Gasteiger partial charge in [-0.1, -0.05) is 34.6 Å². The first-order valence-electron chi connectivity index (χ1n) is 13.7. The van der Waals surface area contributed by atoms with Gasteiger partial charge in [-0.2, -0.15) is 0 Å². The highest BCUT2D eigenvalue weighted by Gasteiger charge is 2.18. The van der Waals surface area contributed by atoms with Crippen molar-refractivity contribution in [3.8, 4) is 0 Å². The Labute approximate surface area is 215 Å². The minimum absolute atomic E-state index is 0.00706. The first kappa shape index (κ1) is 34.6. The van der Waals surface area contributed by atoms with E-state index in [2.05, 4.69) is 27.7 Å². The smallest absolute Gasteiger partial charge is 0.104 e. The second-order valence-electron chi connectivity index (χ2n) is 9.41. The molecule has 0 saturated carbocycles. The summed E-state index contributed by atoms with van der Waals surface area (Å²) in [6.07, 6.45) is 4.08. The van der Waals surface area contributed by atoms with E-state index in [1.807, 2.05) is 13.8 Å². The first-order valence-corrected chi connectivity index (χ1v) is 13.7. The predicted octanol–water partition coefficient (Wildman–Crippen LogP) is 2.61. The summed E-state index contributed by atoms with van der Waals surface area (Å²) in [4.78, 5) is 0. The lowest BCUT2D eigenvalue weighted by atomic mass is 10.2. The van der Waals surface area contributed by atoms with Crippen molar-refractivity contribution >= 4 is 0 Å². The maximum atomic E-state index is 6.15. The Morgan fingerprint density at radius 1 is 0.429 bits per heavy atom. The van der Waals surface area contributed by atoms with Gasteiger partial charge >= 0.3 is 0 Å². The maximum absolute atomic E-state index is 6.15. The highest BCUT2D eigenvalue weighted by molar-refractivity contribution is 4.65. The Balaban J connectivity index is 4.65. The molecule has 0 bridgehead atoms. The van der Waals surface area contributed by atoms with E-state index in [9.17, 15) is 0 Å². The average Bonchev–Trinajstić information content (AvgIpc) is 2.87. The quantitative estimate of drug-likeness (QED) is 0.170. The zero-order valence-corrected chi connectivity index (χ0v) is 23.4. The summed E-state index contributed by atoms with van der Waals surface area (Å²) in [6.45, 7) is 16.1. The molecule has 9 heteroatoms. The molecule has 9 nitrogen and oxygen atoms in total. The molecule has 0 aromatic heterocycles. The molecule has 212 valence electrons. The van der Waals surface area contributed by atoms with Crippen LogP contribution in [0.3, 0.4) is 0 Å². The maximum Gasteiger partial charge on any atom is 0.104 e. The van der Waals surface area contributed by atoms with Crippen LogP contribution in [-0.4, -0.2) is 95.4 Å². The van der Waals surface area contributed by atoms with Gasteiger partial charge in [-0.25, -0.2) is 0 Å². The van der Waals surface area contributed by atoms with Crippen molar-refractivity contribution in [3.63, 3.8) is 0 Å². The average molecular weight is 508 g/mol. The van der Waals surface area contributed by atoms with Crippen LogP contribution in [0.15, 0.2) is 0 Å². The minimum atomic E-state index is -0.229. The van der Waals surface area contributed by atoms with Gasteiger partial charge in [-0.15, -0.1) is 0 Å². The number of hydrogen-bond acceptors (Lipinski definition) is 9. The Morgan fingerprint density at radius 3 is 1.26 bits per heavy atom. The van der Waals surface area contributed by atoms with Crippen molar-refractivity contribution in [2.45, 2.75) is 116 Å². The third kappa shape index (κ3) is 19.4. The van der Waals surface area contributed by atoms with Crippen molar-refractivity contribution < 1.29 is 28.4 Å². The fourth-order valence-electron chi connectivity index (χ4n) is 2.86. The summed E-state index contributed by atoms with van der Waals surface area (Å²) in [5.41, 5.74) is 17.9. The van der Waals surface area contributed by atoms with Crippen LogP contribution in [0.1, 0.15) is 73.6 Å². The van der Waals surface area contributed by atoms with Crippen molar-refractivity contribution in [1.82, 2.24) is 0 Å². The third-order valence-corrected chi connectivity index (χ3v) is 5.95. The molecular formula is C26H57N3O6. The molecule has 0 aliphatic rings. The molecule has 0 rings (SSSR count). The number of hydrogen-bond donors (Lipinski definition) is 3. The van der Waals surface area contributed by atoms with E-state index in [0.29, 0.717) is 52.9 Å². The van der Waals surface area contributed by atoms with Gasteiger partial charge in [0, 0.05) is 18.1 Å². The lowest BCUT2D eigenvalue weighted by Crippen LogP contribution is -2.35. The first-order chi connectivity index (χ1) is 16.8. The second-order valence-corrected chi connectivity index (χ2v) is 9.41. The van der Waals surface area contributed by atoms with Crippen LogP contribution in [0.25, 0.3) is 0 Å². The van der Waals surface area contributed by atoms with Crippen molar-refractivity contribution in [1.29, 1.82) is 0 Å². The van der Waals surface area contributed by atoms with E-state index >= 15 is 0 Å². The molecule has 0 radical (unpaired) electrons. The molecule has 35 heavy (non-hydrogen) atoms. The van der Waals surface area contributed by atoms with E-state index in [0.717, 1.165) is 32.1 Å². The second kappa shape index (κ2) is 22.8. The van der Waals surface area contributed by atoms with E-state index in [-0.39, 0.29) is 42.5 Å². The van der Waals surface area contributed by atoms with E-state index in [4.69, 9.17) is 45.6 Å². The fourth-order valence-corrected chi connectivity index (χ4v) is 2.86. The van der Waals surface area contributed by atoms with Gasteiger partial charge < -0.3 is 45.6 Å². The molecule has 0 amide bonds. The molecule has 7 atom stereocenters. The zero-order chi connectivity index (χ0) is 26.5. The standard InChI is InChI=1S/C26H57N3O6/c1-7-21(27)13-32-20(6)12-30-17-26(35-19-25(11-5)34-15-23(29)9-3)18-31-16-24(10-4)33-14-22(28)8-2/h20-26H,7-19,27-29H2,1-6H3. The molecule has 0 aliphatic heterocycles. The van der Waals surface area contributed by atoms with E-state index in [1.54, 1.807) is 0 Å². The van der Waals surface area contributed by atoms with Gasteiger partial charge in [0.25, 0.3) is 0 Å². The molecular weight excluding hydrogens is 450 g/mol. The summed E-state index contributed by atoms with van der Waals surface area (Å²) in [6, 6.07) is 0.145. The molecule has 0 heterocycles. The monoisotopic (exact) mass is 507 g/mol. The Hall–Kier alpha value is -0.360. The fraction of sp³-hybridized carbons (Fsp3) is 1.00. The van der Waals surface area contributed by atoms with Gasteiger partial charge in [0.05, 0.1) is 71.2 Å². The molecule has 0 fully saturated rings. The van der Waals surface area contributed by atoms with Gasteiger partial charge in [-0.05, 0) is 39.0 Å². The molecule has 0 aromatic rings. The normalized spacial score (nSPS) is 18.1. The van der Waals surface area contributed by atoms with Crippen molar-refractivity contribution in [2.24, 2.45) is 17.2 Å². The van der Waals surface area contributed by atoms with Crippen LogP contribution >= 0.6 is 0 Å². The van der Waals surface area contributed by atoms with Gasteiger partial charge in [0.2, 0.25) is 0 Å². The largest absolute Gasteiger partial charge is 0.376 e. The molecule has 6 N–H and O–H groups in total. The van der Waals surface area contributed by atoms with Crippen LogP contribution in [0.2, 0.25) is 0 Å². The number of ether oxygens (including phenoxy) is 6. The zero-order valence-electron chi connectivity index (χ0n) is 23.4. The molecule has 0 aromatic carbocycles. The summed E-state index contributed by atoms with van der Waals surface area (Å²) in [7, 11) is 0.